The summed E-state index contributed by atoms with van der Waals surface area (Å²) in [6.07, 6.45) is 0. The molecular weight excluding hydrogens is 370 g/mol. The maximum atomic E-state index is 12.7. The van der Waals surface area contributed by atoms with E-state index in [0.717, 1.165) is 32.9 Å². The molecule has 2 aromatic carbocycles. The van der Waals surface area contributed by atoms with Gasteiger partial charge in [-0.3, -0.25) is 4.79 Å². The number of aryl methyl sites for hydroxylation is 2. The summed E-state index contributed by atoms with van der Waals surface area (Å²) in [7, 11) is 1.64. The van der Waals surface area contributed by atoms with Crippen molar-refractivity contribution in [2.75, 3.05) is 7.11 Å². The normalized spacial score (nSPS) is 11.0. The van der Waals surface area contributed by atoms with Gasteiger partial charge in [0.05, 0.1) is 23.4 Å². The summed E-state index contributed by atoms with van der Waals surface area (Å²) in [5, 5.41) is 8.65. The fraction of sp³-hybridized carbons (Fsp3) is 0.182. The van der Waals surface area contributed by atoms with Crippen LogP contribution < -0.4 is 10.1 Å². The van der Waals surface area contributed by atoms with Crippen LogP contribution in [0.15, 0.2) is 54.6 Å². The van der Waals surface area contributed by atoms with Gasteiger partial charge < -0.3 is 10.1 Å². The monoisotopic (exact) mass is 391 g/mol. The molecule has 6 heteroatoms. The third-order valence-corrected chi connectivity index (χ3v) is 5.77. The summed E-state index contributed by atoms with van der Waals surface area (Å²) in [6.45, 7) is 4.50. The van der Waals surface area contributed by atoms with Crippen molar-refractivity contribution in [3.63, 3.8) is 0 Å². The van der Waals surface area contributed by atoms with Gasteiger partial charge in [-0.25, -0.2) is 4.68 Å². The van der Waals surface area contributed by atoms with Crippen LogP contribution in [0, 0.1) is 13.8 Å². The molecule has 1 N–H and O–H groups in total. The van der Waals surface area contributed by atoms with E-state index in [1.54, 1.807) is 7.11 Å². The third kappa shape index (κ3) is 3.51. The quantitative estimate of drug-likeness (QED) is 0.539. The first-order chi connectivity index (χ1) is 13.5. The molecule has 4 rings (SSSR count). The molecule has 2 aromatic heterocycles. The molecule has 5 nitrogen and oxygen atoms in total. The van der Waals surface area contributed by atoms with Crippen LogP contribution in [0.25, 0.3) is 15.9 Å². The van der Waals surface area contributed by atoms with Gasteiger partial charge in [0.25, 0.3) is 5.91 Å². The fourth-order valence-electron chi connectivity index (χ4n) is 3.03. The first-order valence-corrected chi connectivity index (χ1v) is 9.84. The highest BCUT2D eigenvalue weighted by atomic mass is 32.1. The second-order valence-corrected chi connectivity index (χ2v) is 7.72. The van der Waals surface area contributed by atoms with Crippen molar-refractivity contribution in [1.82, 2.24) is 15.1 Å². The van der Waals surface area contributed by atoms with E-state index in [1.165, 1.54) is 16.9 Å². The first kappa shape index (κ1) is 18.3. The lowest BCUT2D eigenvalue weighted by Crippen LogP contribution is -2.21. The number of carbonyl (C=O) groups is 1. The highest BCUT2D eigenvalue weighted by Crippen LogP contribution is 2.30. The number of rotatable bonds is 5. The Hall–Kier alpha value is -3.12. The second kappa shape index (κ2) is 7.48. The average molecular weight is 391 g/mol. The largest absolute Gasteiger partial charge is 0.497 e. The number of benzene rings is 2. The minimum Gasteiger partial charge on any atom is -0.497 e. The van der Waals surface area contributed by atoms with Gasteiger partial charge in [0.15, 0.2) is 0 Å². The van der Waals surface area contributed by atoms with Crippen molar-refractivity contribution in [3.05, 3.63) is 76.3 Å². The molecule has 0 spiro atoms. The molecule has 0 saturated heterocycles. The van der Waals surface area contributed by atoms with Crippen molar-refractivity contribution in [2.24, 2.45) is 0 Å². The number of nitrogens with one attached hydrogen (secondary N) is 1. The standard InChI is InChI=1S/C22H21N3O2S/c1-14-4-8-17(9-5-14)25-22-19(15(2)24-25)12-20(28-22)21(26)23-13-16-6-10-18(27-3)11-7-16/h4-12H,13H2,1-3H3,(H,23,26). The lowest BCUT2D eigenvalue weighted by Gasteiger charge is -2.05. The van der Waals surface area contributed by atoms with Gasteiger partial charge in [0.1, 0.15) is 10.6 Å². The smallest absolute Gasteiger partial charge is 0.261 e. The summed E-state index contributed by atoms with van der Waals surface area (Å²) in [4.78, 5) is 14.3. The molecule has 4 aromatic rings. The van der Waals surface area contributed by atoms with Crippen LogP contribution in [0.5, 0.6) is 5.75 Å². The van der Waals surface area contributed by atoms with Crippen molar-refractivity contribution in [3.8, 4) is 11.4 Å². The summed E-state index contributed by atoms with van der Waals surface area (Å²) >= 11 is 1.46. The van der Waals surface area contributed by atoms with E-state index < -0.39 is 0 Å². The van der Waals surface area contributed by atoms with Gasteiger partial charge in [0, 0.05) is 11.9 Å². The van der Waals surface area contributed by atoms with Crippen molar-refractivity contribution in [1.29, 1.82) is 0 Å². The number of ether oxygens (including phenoxy) is 1. The van der Waals surface area contributed by atoms with Gasteiger partial charge in [-0.1, -0.05) is 29.8 Å². The number of aromatic nitrogens is 2. The molecule has 28 heavy (non-hydrogen) atoms. The van der Waals surface area contributed by atoms with E-state index in [2.05, 4.69) is 29.5 Å². The highest BCUT2D eigenvalue weighted by molar-refractivity contribution is 7.20. The molecule has 0 aliphatic carbocycles. The predicted octanol–water partition coefficient (Wildman–Crippen LogP) is 4.64. The van der Waals surface area contributed by atoms with Crippen LogP contribution >= 0.6 is 11.3 Å². The van der Waals surface area contributed by atoms with Crippen molar-refractivity contribution in [2.45, 2.75) is 20.4 Å². The number of thiophene rings is 1. The Morgan fingerprint density at radius 2 is 1.82 bits per heavy atom. The number of amides is 1. The fourth-order valence-corrected chi connectivity index (χ4v) is 4.13. The maximum Gasteiger partial charge on any atom is 0.261 e. The Bertz CT molecular complexity index is 1130. The van der Waals surface area contributed by atoms with E-state index in [4.69, 9.17) is 4.74 Å². The third-order valence-electron chi connectivity index (χ3n) is 4.66. The molecule has 0 aliphatic rings. The van der Waals surface area contributed by atoms with Crippen LogP contribution in [-0.2, 0) is 6.54 Å². The molecule has 0 aliphatic heterocycles. The first-order valence-electron chi connectivity index (χ1n) is 9.02. The Labute approximate surface area is 167 Å². The minimum absolute atomic E-state index is 0.0770. The lowest BCUT2D eigenvalue weighted by molar-refractivity contribution is 0.0955. The van der Waals surface area contributed by atoms with Crippen LogP contribution in [0.1, 0.15) is 26.5 Å². The second-order valence-electron chi connectivity index (χ2n) is 6.69. The van der Waals surface area contributed by atoms with E-state index in [0.29, 0.717) is 11.4 Å². The zero-order valence-corrected chi connectivity index (χ0v) is 16.8. The maximum absolute atomic E-state index is 12.7. The number of hydrogen-bond donors (Lipinski definition) is 1. The van der Waals surface area contributed by atoms with Gasteiger partial charge in [-0.2, -0.15) is 5.10 Å². The Morgan fingerprint density at radius 3 is 2.50 bits per heavy atom. The molecule has 0 fully saturated rings. The molecule has 0 atom stereocenters. The Balaban J connectivity index is 1.56. The minimum atomic E-state index is -0.0770. The van der Waals surface area contributed by atoms with E-state index >= 15 is 0 Å². The molecule has 1 amide bonds. The Morgan fingerprint density at radius 1 is 1.11 bits per heavy atom. The van der Waals surface area contributed by atoms with Crippen LogP contribution in [-0.4, -0.2) is 22.8 Å². The van der Waals surface area contributed by atoms with E-state index in [1.807, 2.05) is 54.1 Å². The number of methoxy groups -OCH3 is 1. The topological polar surface area (TPSA) is 56.1 Å². The SMILES string of the molecule is COc1ccc(CNC(=O)c2cc3c(C)nn(-c4ccc(C)cc4)c3s2)cc1. The highest BCUT2D eigenvalue weighted by Gasteiger charge is 2.17. The Kier molecular flexibility index (Phi) is 4.88. The summed E-state index contributed by atoms with van der Waals surface area (Å²) in [6, 6.07) is 17.8. The van der Waals surface area contributed by atoms with Crippen molar-refractivity contribution < 1.29 is 9.53 Å². The van der Waals surface area contributed by atoms with Gasteiger partial charge in [-0.05, 0) is 49.7 Å². The number of carbonyl (C=O) groups excluding carboxylic acids is 1. The molecule has 2 heterocycles. The van der Waals surface area contributed by atoms with Crippen molar-refractivity contribution >= 4 is 27.5 Å². The molecule has 0 bridgehead atoms. The predicted molar refractivity (Wildman–Crippen MR) is 113 cm³/mol. The number of hydrogen-bond acceptors (Lipinski definition) is 4. The number of fused-ring (bicyclic) bond motifs is 1. The molecule has 0 unspecified atom stereocenters. The molecular formula is C22H21N3O2S. The van der Waals surface area contributed by atoms with E-state index in [-0.39, 0.29) is 5.91 Å². The summed E-state index contributed by atoms with van der Waals surface area (Å²) < 4.78 is 7.07. The lowest BCUT2D eigenvalue weighted by atomic mass is 10.2. The number of nitrogens with zero attached hydrogens (tertiary/aromatic N) is 2. The van der Waals surface area contributed by atoms with Gasteiger partial charge in [0.2, 0.25) is 0 Å². The van der Waals surface area contributed by atoms with E-state index in [9.17, 15) is 4.79 Å². The molecule has 0 radical (unpaired) electrons. The van der Waals surface area contributed by atoms with Crippen LogP contribution in [0.2, 0.25) is 0 Å². The summed E-state index contributed by atoms with van der Waals surface area (Å²) in [5.74, 6) is 0.725. The average Bonchev–Trinajstić information content (AvgIpc) is 3.28. The summed E-state index contributed by atoms with van der Waals surface area (Å²) in [5.41, 5.74) is 4.14. The van der Waals surface area contributed by atoms with Gasteiger partial charge >= 0.3 is 0 Å². The van der Waals surface area contributed by atoms with Crippen LogP contribution in [0.3, 0.4) is 0 Å². The van der Waals surface area contributed by atoms with Gasteiger partial charge in [-0.15, -0.1) is 11.3 Å². The molecule has 0 saturated carbocycles. The zero-order valence-electron chi connectivity index (χ0n) is 16.0. The molecule has 142 valence electrons. The van der Waals surface area contributed by atoms with Crippen LogP contribution in [0.4, 0.5) is 0 Å². The zero-order chi connectivity index (χ0) is 19.7.